The van der Waals surface area contributed by atoms with E-state index in [4.69, 9.17) is 4.74 Å². The first-order valence-electron chi connectivity index (χ1n) is 9.70. The van der Waals surface area contributed by atoms with Gasteiger partial charge in [-0.15, -0.1) is 0 Å². The minimum absolute atomic E-state index is 0.00772. The maximum atomic E-state index is 13.5. The molecule has 0 aliphatic carbocycles. The summed E-state index contributed by atoms with van der Waals surface area (Å²) in [5.41, 5.74) is 0.815. The van der Waals surface area contributed by atoms with Crippen molar-refractivity contribution in [2.45, 2.75) is 19.3 Å². The molecule has 0 saturated carbocycles. The van der Waals surface area contributed by atoms with Crippen LogP contribution in [0.15, 0.2) is 48.5 Å². The normalized spacial score (nSPS) is 16.6. The number of carbonyl (C=O) groups excluding carboxylic acids is 2. The molecule has 2 aromatic rings. The summed E-state index contributed by atoms with van der Waals surface area (Å²) in [5, 5.41) is 2.78. The molecule has 5 nitrogen and oxygen atoms in total. The Labute approximate surface area is 168 Å². The first-order chi connectivity index (χ1) is 14.0. The average Bonchev–Trinajstić information content (AvgIpc) is 2.71. The van der Waals surface area contributed by atoms with E-state index in [1.807, 2.05) is 6.07 Å². The van der Waals surface area contributed by atoms with Crippen LogP contribution in [0.2, 0.25) is 0 Å². The van der Waals surface area contributed by atoms with Crippen molar-refractivity contribution in [1.29, 1.82) is 0 Å². The predicted octanol–water partition coefficient (Wildman–Crippen LogP) is 2.94. The fraction of sp³-hybridized carbons (Fsp3) is 0.364. The van der Waals surface area contributed by atoms with Crippen LogP contribution in [0.1, 0.15) is 18.4 Å². The van der Waals surface area contributed by atoms with Crippen LogP contribution in [0, 0.1) is 17.6 Å². The first-order valence-corrected chi connectivity index (χ1v) is 9.70. The molecule has 1 heterocycles. The smallest absolute Gasteiger partial charge is 0.225 e. The maximum Gasteiger partial charge on any atom is 0.225 e. The SMILES string of the molecule is O=C(NCCOc1ccccc1F)[C@H]1CCC(=O)N(CCc2cccc(F)c2)C1. The van der Waals surface area contributed by atoms with Gasteiger partial charge in [-0.25, -0.2) is 8.78 Å². The van der Waals surface area contributed by atoms with Gasteiger partial charge in [0.2, 0.25) is 11.8 Å². The topological polar surface area (TPSA) is 58.6 Å². The number of hydrogen-bond acceptors (Lipinski definition) is 3. The minimum Gasteiger partial charge on any atom is -0.489 e. The Kier molecular flexibility index (Phi) is 7.16. The van der Waals surface area contributed by atoms with E-state index in [1.54, 1.807) is 23.1 Å². The highest BCUT2D eigenvalue weighted by molar-refractivity contribution is 5.83. The number of para-hydroxylation sites is 1. The Bertz CT molecular complexity index is 859. The van der Waals surface area contributed by atoms with Crippen molar-refractivity contribution < 1.29 is 23.1 Å². The van der Waals surface area contributed by atoms with Gasteiger partial charge in [-0.2, -0.15) is 0 Å². The van der Waals surface area contributed by atoms with Crippen LogP contribution < -0.4 is 10.1 Å². The van der Waals surface area contributed by atoms with Gasteiger partial charge in [0.15, 0.2) is 11.6 Å². The molecule has 1 aliphatic heterocycles. The van der Waals surface area contributed by atoms with E-state index < -0.39 is 5.82 Å². The summed E-state index contributed by atoms with van der Waals surface area (Å²) in [6.45, 7) is 1.19. The molecule has 1 fully saturated rings. The third-order valence-corrected chi connectivity index (χ3v) is 4.93. The fourth-order valence-corrected chi connectivity index (χ4v) is 3.34. The van der Waals surface area contributed by atoms with Crippen LogP contribution in [0.3, 0.4) is 0 Å². The number of ether oxygens (including phenoxy) is 1. The van der Waals surface area contributed by atoms with Crippen molar-refractivity contribution in [3.63, 3.8) is 0 Å². The van der Waals surface area contributed by atoms with Crippen molar-refractivity contribution in [2.24, 2.45) is 5.92 Å². The summed E-state index contributed by atoms with van der Waals surface area (Å²) in [4.78, 5) is 26.2. The van der Waals surface area contributed by atoms with Crippen LogP contribution in [0.5, 0.6) is 5.75 Å². The van der Waals surface area contributed by atoms with E-state index in [0.717, 1.165) is 5.56 Å². The third-order valence-electron chi connectivity index (χ3n) is 4.93. The highest BCUT2D eigenvalue weighted by Gasteiger charge is 2.29. The molecular weight excluding hydrogens is 378 g/mol. The average molecular weight is 402 g/mol. The number of benzene rings is 2. The molecule has 1 saturated heterocycles. The Morgan fingerprint density at radius 1 is 1.17 bits per heavy atom. The highest BCUT2D eigenvalue weighted by Crippen LogP contribution is 2.19. The molecule has 1 aliphatic rings. The van der Waals surface area contributed by atoms with E-state index in [-0.39, 0.29) is 42.5 Å². The van der Waals surface area contributed by atoms with Gasteiger partial charge in [0, 0.05) is 19.5 Å². The lowest BCUT2D eigenvalue weighted by molar-refractivity contribution is -0.138. The summed E-state index contributed by atoms with van der Waals surface area (Å²) in [7, 11) is 0. The zero-order valence-corrected chi connectivity index (χ0v) is 16.1. The summed E-state index contributed by atoms with van der Waals surface area (Å²) in [6.07, 6.45) is 1.34. The lowest BCUT2D eigenvalue weighted by Crippen LogP contribution is -2.46. The number of carbonyl (C=O) groups is 2. The number of halogens is 2. The summed E-state index contributed by atoms with van der Waals surface area (Å²) < 4.78 is 32.1. The second-order valence-electron chi connectivity index (χ2n) is 7.03. The Morgan fingerprint density at radius 2 is 2.00 bits per heavy atom. The molecular formula is C22H24F2N2O3. The number of nitrogens with zero attached hydrogens (tertiary/aromatic N) is 1. The molecule has 1 N–H and O–H groups in total. The number of piperidine rings is 1. The Morgan fingerprint density at radius 3 is 2.79 bits per heavy atom. The zero-order valence-electron chi connectivity index (χ0n) is 16.1. The standard InChI is InChI=1S/C22H24F2N2O3/c23-18-5-3-4-16(14-18)10-12-26-15-17(8-9-21(26)27)22(28)25-11-13-29-20-7-2-1-6-19(20)24/h1-7,14,17H,8-13,15H2,(H,25,28)/t17-/m0/s1. The molecule has 2 aromatic carbocycles. The van der Waals surface area contributed by atoms with Crippen molar-refractivity contribution in [2.75, 3.05) is 26.2 Å². The monoisotopic (exact) mass is 402 g/mol. The highest BCUT2D eigenvalue weighted by atomic mass is 19.1. The van der Waals surface area contributed by atoms with E-state index >= 15 is 0 Å². The van der Waals surface area contributed by atoms with Crippen LogP contribution in [-0.2, 0) is 16.0 Å². The van der Waals surface area contributed by atoms with Crippen LogP contribution in [0.25, 0.3) is 0 Å². The van der Waals surface area contributed by atoms with E-state index in [2.05, 4.69) is 5.32 Å². The second kappa shape index (κ2) is 10.0. The van der Waals surface area contributed by atoms with Crippen molar-refractivity contribution in [3.8, 4) is 5.75 Å². The van der Waals surface area contributed by atoms with Gasteiger partial charge < -0.3 is 15.0 Å². The van der Waals surface area contributed by atoms with Gasteiger partial charge in [-0.1, -0.05) is 24.3 Å². The van der Waals surface area contributed by atoms with Crippen LogP contribution in [-0.4, -0.2) is 43.0 Å². The van der Waals surface area contributed by atoms with Crippen molar-refractivity contribution in [3.05, 3.63) is 65.7 Å². The Hall–Kier alpha value is -2.96. The van der Waals surface area contributed by atoms with Gasteiger partial charge >= 0.3 is 0 Å². The van der Waals surface area contributed by atoms with Crippen LogP contribution >= 0.6 is 0 Å². The second-order valence-corrected chi connectivity index (χ2v) is 7.03. The van der Waals surface area contributed by atoms with E-state index in [9.17, 15) is 18.4 Å². The molecule has 0 aromatic heterocycles. The molecule has 0 radical (unpaired) electrons. The van der Waals surface area contributed by atoms with Crippen molar-refractivity contribution >= 4 is 11.8 Å². The van der Waals surface area contributed by atoms with Crippen LogP contribution in [0.4, 0.5) is 8.78 Å². The summed E-state index contributed by atoms with van der Waals surface area (Å²) in [5.74, 6) is -1.04. The van der Waals surface area contributed by atoms with Gasteiger partial charge in [0.25, 0.3) is 0 Å². The first kappa shape index (κ1) is 20.8. The lowest BCUT2D eigenvalue weighted by atomic mass is 9.96. The lowest BCUT2D eigenvalue weighted by Gasteiger charge is -2.32. The van der Waals surface area contributed by atoms with Gasteiger partial charge in [0.05, 0.1) is 12.5 Å². The molecule has 2 amide bonds. The number of amides is 2. The van der Waals surface area contributed by atoms with Gasteiger partial charge in [-0.05, 0) is 42.7 Å². The minimum atomic E-state index is -0.446. The molecule has 1 atom stereocenters. The molecule has 0 bridgehead atoms. The molecule has 0 spiro atoms. The summed E-state index contributed by atoms with van der Waals surface area (Å²) >= 11 is 0. The number of likely N-dealkylation sites (tertiary alicyclic amines) is 1. The predicted molar refractivity (Wildman–Crippen MR) is 104 cm³/mol. The number of hydrogen-bond donors (Lipinski definition) is 1. The molecule has 154 valence electrons. The van der Waals surface area contributed by atoms with Gasteiger partial charge in [0.1, 0.15) is 12.4 Å². The van der Waals surface area contributed by atoms with E-state index in [1.165, 1.54) is 24.3 Å². The number of nitrogens with one attached hydrogen (secondary N) is 1. The van der Waals surface area contributed by atoms with Crippen molar-refractivity contribution in [1.82, 2.24) is 10.2 Å². The largest absolute Gasteiger partial charge is 0.489 e. The molecule has 3 rings (SSSR count). The molecule has 7 heteroatoms. The zero-order chi connectivity index (χ0) is 20.6. The third kappa shape index (κ3) is 6.01. The maximum absolute atomic E-state index is 13.5. The van der Waals surface area contributed by atoms with Gasteiger partial charge in [-0.3, -0.25) is 9.59 Å². The fourth-order valence-electron chi connectivity index (χ4n) is 3.34. The molecule has 0 unspecified atom stereocenters. The summed E-state index contributed by atoms with van der Waals surface area (Å²) in [6, 6.07) is 12.4. The Balaban J connectivity index is 1.43. The molecule has 29 heavy (non-hydrogen) atoms. The number of rotatable bonds is 8. The quantitative estimate of drug-likeness (QED) is 0.691. The van der Waals surface area contributed by atoms with E-state index in [0.29, 0.717) is 32.4 Å².